The van der Waals surface area contributed by atoms with Crippen LogP contribution in [0.2, 0.25) is 0 Å². The molecule has 1 aromatic rings. The lowest BCUT2D eigenvalue weighted by Crippen LogP contribution is -2.35. The quantitative estimate of drug-likeness (QED) is 0.787. The van der Waals surface area contributed by atoms with Crippen LogP contribution in [0, 0.1) is 17.8 Å². The molecule has 0 spiro atoms. The molecule has 2 aliphatic rings. The van der Waals surface area contributed by atoms with Crippen LogP contribution in [-0.2, 0) is 20.9 Å². The number of carbonyl (C=O) groups excluding carboxylic acids is 2. The molecule has 2 fully saturated rings. The van der Waals surface area contributed by atoms with E-state index < -0.39 is 23.7 Å². The maximum absolute atomic E-state index is 11.9. The average Bonchev–Trinajstić information content (AvgIpc) is 3.05. The van der Waals surface area contributed by atoms with Gasteiger partial charge in [0, 0.05) is 0 Å². The number of carboxylic acids is 1. The molecule has 3 atom stereocenters. The van der Waals surface area contributed by atoms with Crippen LogP contribution in [0.1, 0.15) is 5.56 Å². The Balaban J connectivity index is 1.76. The van der Waals surface area contributed by atoms with E-state index in [-0.39, 0.29) is 18.4 Å². The lowest BCUT2D eigenvalue weighted by molar-refractivity contribution is -0.149. The Morgan fingerprint density at radius 2 is 1.67 bits per heavy atom. The second kappa shape index (κ2) is 3.66. The van der Waals surface area contributed by atoms with Crippen molar-refractivity contribution in [1.29, 1.82) is 0 Å². The van der Waals surface area contributed by atoms with Gasteiger partial charge in [-0.05, 0) is 5.56 Å². The van der Waals surface area contributed by atoms with Crippen LogP contribution in [-0.4, -0.2) is 27.8 Å². The Morgan fingerprint density at radius 3 is 2.17 bits per heavy atom. The number of likely N-dealkylation sites (tertiary alicyclic amines) is 1. The Bertz CT molecular complexity index is 517. The van der Waals surface area contributed by atoms with E-state index in [4.69, 9.17) is 5.11 Å². The molecule has 1 saturated heterocycles. The molecule has 1 heterocycles. The first-order valence-corrected chi connectivity index (χ1v) is 5.73. The van der Waals surface area contributed by atoms with Crippen LogP contribution in [0.3, 0.4) is 0 Å². The average molecular weight is 245 g/mol. The lowest BCUT2D eigenvalue weighted by Gasteiger charge is -2.17. The number of imide groups is 1. The van der Waals surface area contributed by atoms with Crippen molar-refractivity contribution in [3.8, 4) is 0 Å². The summed E-state index contributed by atoms with van der Waals surface area (Å²) >= 11 is 0. The molecule has 1 aliphatic carbocycles. The highest BCUT2D eigenvalue weighted by molar-refractivity contribution is 6.13. The molecule has 2 amide bonds. The Hall–Kier alpha value is -2.17. The summed E-state index contributed by atoms with van der Waals surface area (Å²) in [5.41, 5.74) is 0.868. The van der Waals surface area contributed by atoms with Crippen LogP contribution in [0.4, 0.5) is 0 Å². The van der Waals surface area contributed by atoms with Gasteiger partial charge in [0.05, 0.1) is 24.3 Å². The fourth-order valence-corrected chi connectivity index (χ4v) is 2.62. The topological polar surface area (TPSA) is 74.7 Å². The van der Waals surface area contributed by atoms with E-state index in [0.29, 0.717) is 0 Å². The van der Waals surface area contributed by atoms with Crippen molar-refractivity contribution >= 4 is 17.8 Å². The van der Waals surface area contributed by atoms with Gasteiger partial charge in [0.1, 0.15) is 0 Å². The molecule has 1 aliphatic heterocycles. The first-order chi connectivity index (χ1) is 8.61. The monoisotopic (exact) mass is 245 g/mol. The second-order valence-corrected chi connectivity index (χ2v) is 4.66. The van der Waals surface area contributed by atoms with Crippen LogP contribution in [0.25, 0.3) is 0 Å². The van der Waals surface area contributed by atoms with Crippen molar-refractivity contribution in [2.24, 2.45) is 17.8 Å². The largest absolute Gasteiger partial charge is 0.481 e. The summed E-state index contributed by atoms with van der Waals surface area (Å²) in [6.45, 7) is 0.234. The summed E-state index contributed by atoms with van der Waals surface area (Å²) < 4.78 is 0. The van der Waals surface area contributed by atoms with Crippen LogP contribution in [0.15, 0.2) is 30.3 Å². The highest BCUT2D eigenvalue weighted by atomic mass is 16.4. The standard InChI is InChI=1S/C13H11NO4/c15-11-8-9(10(8)13(17)18)12(16)14(11)6-7-4-2-1-3-5-7/h1-5,8-10H,6H2,(H,17,18)/t8-,9+,10-. The highest BCUT2D eigenvalue weighted by Gasteiger charge is 2.70. The summed E-state index contributed by atoms with van der Waals surface area (Å²) in [5, 5.41) is 8.85. The molecule has 1 aromatic carbocycles. The fourth-order valence-electron chi connectivity index (χ4n) is 2.62. The normalized spacial score (nSPS) is 29.3. The van der Waals surface area contributed by atoms with Crippen LogP contribution < -0.4 is 0 Å². The zero-order valence-electron chi connectivity index (χ0n) is 9.45. The SMILES string of the molecule is O=C(O)[C@H]1[C@H]2C(=O)N(Cc3ccccc3)C(=O)[C@@H]12. The maximum atomic E-state index is 11.9. The smallest absolute Gasteiger partial charge is 0.308 e. The Labute approximate surface area is 103 Å². The van der Waals surface area contributed by atoms with Gasteiger partial charge < -0.3 is 5.11 Å². The molecule has 0 radical (unpaired) electrons. The van der Waals surface area contributed by atoms with Gasteiger partial charge in [0.2, 0.25) is 11.8 Å². The number of fused-ring (bicyclic) bond motifs is 1. The number of rotatable bonds is 3. The van der Waals surface area contributed by atoms with Crippen molar-refractivity contribution in [3.05, 3.63) is 35.9 Å². The summed E-state index contributed by atoms with van der Waals surface area (Å²) in [5.74, 6) is -3.79. The molecule has 5 heteroatoms. The Morgan fingerprint density at radius 1 is 1.11 bits per heavy atom. The van der Waals surface area contributed by atoms with Crippen molar-refractivity contribution in [1.82, 2.24) is 4.90 Å². The van der Waals surface area contributed by atoms with Crippen LogP contribution >= 0.6 is 0 Å². The van der Waals surface area contributed by atoms with E-state index >= 15 is 0 Å². The van der Waals surface area contributed by atoms with Crippen molar-refractivity contribution in [3.63, 3.8) is 0 Å². The number of benzene rings is 1. The molecule has 0 bridgehead atoms. The van der Waals surface area contributed by atoms with Gasteiger partial charge in [0.25, 0.3) is 0 Å². The molecule has 92 valence electrons. The van der Waals surface area contributed by atoms with E-state index in [1.165, 1.54) is 4.90 Å². The predicted molar refractivity (Wildman–Crippen MR) is 60.1 cm³/mol. The summed E-state index contributed by atoms with van der Waals surface area (Å²) in [4.78, 5) is 35.8. The van der Waals surface area contributed by atoms with E-state index in [0.717, 1.165) is 5.56 Å². The van der Waals surface area contributed by atoms with E-state index in [1.807, 2.05) is 30.3 Å². The van der Waals surface area contributed by atoms with Gasteiger partial charge >= 0.3 is 5.97 Å². The van der Waals surface area contributed by atoms with Gasteiger partial charge in [-0.25, -0.2) is 0 Å². The number of nitrogens with zero attached hydrogens (tertiary/aromatic N) is 1. The van der Waals surface area contributed by atoms with Gasteiger partial charge in [-0.3, -0.25) is 19.3 Å². The van der Waals surface area contributed by atoms with Crippen LogP contribution in [0.5, 0.6) is 0 Å². The third-order valence-corrected chi connectivity index (χ3v) is 3.59. The number of carbonyl (C=O) groups is 3. The third-order valence-electron chi connectivity index (χ3n) is 3.59. The zero-order valence-corrected chi connectivity index (χ0v) is 9.45. The van der Waals surface area contributed by atoms with Crippen molar-refractivity contribution < 1.29 is 19.5 Å². The first-order valence-electron chi connectivity index (χ1n) is 5.73. The molecule has 1 N–H and O–H groups in total. The second-order valence-electron chi connectivity index (χ2n) is 4.66. The molecule has 0 unspecified atom stereocenters. The zero-order chi connectivity index (χ0) is 12.9. The van der Waals surface area contributed by atoms with Gasteiger partial charge in [-0.15, -0.1) is 0 Å². The van der Waals surface area contributed by atoms with Crippen molar-refractivity contribution in [2.45, 2.75) is 6.54 Å². The van der Waals surface area contributed by atoms with Gasteiger partial charge in [-0.2, -0.15) is 0 Å². The molecule has 18 heavy (non-hydrogen) atoms. The fraction of sp³-hybridized carbons (Fsp3) is 0.308. The first kappa shape index (κ1) is 11.0. The minimum Gasteiger partial charge on any atom is -0.481 e. The van der Waals surface area contributed by atoms with E-state index in [9.17, 15) is 14.4 Å². The number of amides is 2. The number of hydrogen-bond acceptors (Lipinski definition) is 3. The summed E-state index contributed by atoms with van der Waals surface area (Å²) in [7, 11) is 0. The van der Waals surface area contributed by atoms with E-state index in [2.05, 4.69) is 0 Å². The van der Waals surface area contributed by atoms with Crippen molar-refractivity contribution in [2.75, 3.05) is 0 Å². The number of aliphatic carboxylic acids is 1. The molecular weight excluding hydrogens is 234 g/mol. The molecular formula is C13H11NO4. The number of piperidine rings is 1. The molecule has 5 nitrogen and oxygen atoms in total. The minimum absolute atomic E-state index is 0.234. The number of hydrogen-bond donors (Lipinski definition) is 1. The predicted octanol–water partition coefficient (Wildman–Crippen LogP) is 0.502. The lowest BCUT2D eigenvalue weighted by atomic mass is 10.2. The Kier molecular flexibility index (Phi) is 2.23. The molecule has 3 rings (SSSR count). The van der Waals surface area contributed by atoms with E-state index in [1.54, 1.807) is 0 Å². The summed E-state index contributed by atoms with van der Waals surface area (Å²) in [6.07, 6.45) is 0. The van der Waals surface area contributed by atoms with Gasteiger partial charge in [0.15, 0.2) is 0 Å². The summed E-state index contributed by atoms with van der Waals surface area (Å²) in [6, 6.07) is 9.19. The molecule has 1 saturated carbocycles. The number of carboxylic acid groups (broad SMARTS) is 1. The highest BCUT2D eigenvalue weighted by Crippen LogP contribution is 2.53. The minimum atomic E-state index is -1.05. The molecule has 0 aromatic heterocycles. The van der Waals surface area contributed by atoms with Gasteiger partial charge in [-0.1, -0.05) is 30.3 Å². The third kappa shape index (κ3) is 1.44. The maximum Gasteiger partial charge on any atom is 0.308 e.